The first kappa shape index (κ1) is 14.3. The predicted molar refractivity (Wildman–Crippen MR) is 77.7 cm³/mol. The molecular weight excluding hydrogens is 257 g/mol. The van der Waals surface area contributed by atoms with Crippen molar-refractivity contribution in [1.82, 2.24) is 5.32 Å². The van der Waals surface area contributed by atoms with Crippen molar-refractivity contribution in [3.63, 3.8) is 0 Å². The molecule has 0 aromatic heterocycles. The summed E-state index contributed by atoms with van der Waals surface area (Å²) in [7, 11) is 5.03. The van der Waals surface area contributed by atoms with E-state index in [1.54, 1.807) is 26.4 Å². The monoisotopic (exact) mass is 275 g/mol. The van der Waals surface area contributed by atoms with Crippen LogP contribution in [-0.2, 0) is 6.54 Å². The zero-order chi connectivity index (χ0) is 14.5. The van der Waals surface area contributed by atoms with Gasteiger partial charge in [-0.15, -0.1) is 0 Å². The second kappa shape index (κ2) is 6.39. The fourth-order valence-electron chi connectivity index (χ4n) is 2.18. The van der Waals surface area contributed by atoms with Gasteiger partial charge in [-0.25, -0.2) is 4.39 Å². The number of rotatable bonds is 5. The van der Waals surface area contributed by atoms with E-state index in [0.717, 1.165) is 16.7 Å². The fourth-order valence-corrected chi connectivity index (χ4v) is 2.18. The molecule has 3 nitrogen and oxygen atoms in total. The minimum atomic E-state index is -0.237. The molecule has 0 atom stereocenters. The van der Waals surface area contributed by atoms with E-state index in [-0.39, 0.29) is 5.82 Å². The molecule has 1 N–H and O–H groups in total. The number of halogens is 1. The molecule has 106 valence electrons. The Hall–Kier alpha value is -2.07. The lowest BCUT2D eigenvalue weighted by Crippen LogP contribution is -2.06. The van der Waals surface area contributed by atoms with Gasteiger partial charge in [0.25, 0.3) is 0 Å². The normalized spacial score (nSPS) is 10.4. The zero-order valence-corrected chi connectivity index (χ0v) is 11.9. The smallest absolute Gasteiger partial charge is 0.161 e. The summed E-state index contributed by atoms with van der Waals surface area (Å²) in [5.74, 6) is 1.10. The number of ether oxygens (including phenoxy) is 2. The molecule has 4 heteroatoms. The fraction of sp³-hybridized carbons (Fsp3) is 0.250. The van der Waals surface area contributed by atoms with Crippen LogP contribution in [0.15, 0.2) is 36.4 Å². The first-order valence-corrected chi connectivity index (χ1v) is 6.35. The molecule has 0 unspecified atom stereocenters. The topological polar surface area (TPSA) is 30.5 Å². The molecule has 0 aliphatic rings. The molecule has 0 aliphatic heterocycles. The van der Waals surface area contributed by atoms with Crippen LogP contribution in [-0.4, -0.2) is 21.3 Å². The molecule has 2 aromatic rings. The average Bonchev–Trinajstić information content (AvgIpc) is 2.47. The van der Waals surface area contributed by atoms with E-state index in [1.165, 1.54) is 6.07 Å². The van der Waals surface area contributed by atoms with Crippen molar-refractivity contribution in [2.24, 2.45) is 0 Å². The highest BCUT2D eigenvalue weighted by molar-refractivity contribution is 5.70. The van der Waals surface area contributed by atoms with Gasteiger partial charge in [0.15, 0.2) is 11.5 Å². The first-order valence-electron chi connectivity index (χ1n) is 6.35. The van der Waals surface area contributed by atoms with E-state index in [1.807, 2.05) is 25.2 Å². The Morgan fingerprint density at radius 1 is 1.00 bits per heavy atom. The van der Waals surface area contributed by atoms with E-state index < -0.39 is 0 Å². The molecule has 2 aromatic carbocycles. The summed E-state index contributed by atoms with van der Waals surface area (Å²) >= 11 is 0. The van der Waals surface area contributed by atoms with E-state index in [0.29, 0.717) is 18.0 Å². The van der Waals surface area contributed by atoms with Gasteiger partial charge >= 0.3 is 0 Å². The highest BCUT2D eigenvalue weighted by Crippen LogP contribution is 2.33. The van der Waals surface area contributed by atoms with Crippen LogP contribution in [0.3, 0.4) is 0 Å². The number of methoxy groups -OCH3 is 2. The van der Waals surface area contributed by atoms with Crippen LogP contribution in [0.1, 0.15) is 5.56 Å². The Balaban J connectivity index is 2.50. The number of hydrogen-bond donors (Lipinski definition) is 1. The van der Waals surface area contributed by atoms with Crippen molar-refractivity contribution in [2.75, 3.05) is 21.3 Å². The lowest BCUT2D eigenvalue weighted by Gasteiger charge is -2.13. The van der Waals surface area contributed by atoms with Crippen LogP contribution < -0.4 is 14.8 Å². The van der Waals surface area contributed by atoms with Crippen molar-refractivity contribution in [3.8, 4) is 22.6 Å². The van der Waals surface area contributed by atoms with Gasteiger partial charge in [-0.05, 0) is 48.0 Å². The summed E-state index contributed by atoms with van der Waals surface area (Å²) < 4.78 is 23.9. The van der Waals surface area contributed by atoms with Crippen LogP contribution in [0.4, 0.5) is 4.39 Å². The molecule has 0 bridgehead atoms. The maximum Gasteiger partial charge on any atom is 0.161 e. The Kier molecular flexibility index (Phi) is 4.58. The van der Waals surface area contributed by atoms with E-state index in [4.69, 9.17) is 9.47 Å². The molecule has 0 heterocycles. The van der Waals surface area contributed by atoms with Gasteiger partial charge in [0.1, 0.15) is 5.82 Å². The molecule has 0 spiro atoms. The van der Waals surface area contributed by atoms with Crippen LogP contribution in [0, 0.1) is 5.82 Å². The SMILES string of the molecule is CNCc1cc(F)ccc1-c1ccc(OC)c(OC)c1. The highest BCUT2D eigenvalue weighted by Gasteiger charge is 2.10. The van der Waals surface area contributed by atoms with E-state index >= 15 is 0 Å². The standard InChI is InChI=1S/C16H18FNO2/c1-18-10-12-8-13(17)5-6-14(12)11-4-7-15(19-2)16(9-11)20-3/h4-9,18H,10H2,1-3H3. The molecule has 0 saturated heterocycles. The van der Waals surface area contributed by atoms with Crippen molar-refractivity contribution < 1.29 is 13.9 Å². The summed E-state index contributed by atoms with van der Waals surface area (Å²) in [5.41, 5.74) is 2.84. The van der Waals surface area contributed by atoms with Gasteiger partial charge in [0, 0.05) is 6.54 Å². The predicted octanol–water partition coefficient (Wildman–Crippen LogP) is 3.23. The van der Waals surface area contributed by atoms with Crippen LogP contribution in [0.25, 0.3) is 11.1 Å². The lowest BCUT2D eigenvalue weighted by molar-refractivity contribution is 0.355. The van der Waals surface area contributed by atoms with Crippen molar-refractivity contribution >= 4 is 0 Å². The summed E-state index contributed by atoms with van der Waals surface area (Å²) in [5, 5.41) is 3.05. The number of nitrogens with one attached hydrogen (secondary N) is 1. The van der Waals surface area contributed by atoms with E-state index in [2.05, 4.69) is 5.32 Å². The van der Waals surface area contributed by atoms with Gasteiger partial charge in [-0.1, -0.05) is 12.1 Å². The summed E-state index contributed by atoms with van der Waals surface area (Å²) in [6, 6.07) is 10.5. The van der Waals surface area contributed by atoms with Crippen LogP contribution >= 0.6 is 0 Å². The maximum atomic E-state index is 13.4. The number of benzene rings is 2. The van der Waals surface area contributed by atoms with E-state index in [9.17, 15) is 4.39 Å². The zero-order valence-electron chi connectivity index (χ0n) is 11.9. The van der Waals surface area contributed by atoms with Gasteiger partial charge in [0.2, 0.25) is 0 Å². The molecule has 0 amide bonds. The largest absolute Gasteiger partial charge is 0.493 e. The third kappa shape index (κ3) is 2.91. The van der Waals surface area contributed by atoms with Gasteiger partial charge in [-0.2, -0.15) is 0 Å². The minimum Gasteiger partial charge on any atom is -0.493 e. The van der Waals surface area contributed by atoms with Crippen molar-refractivity contribution in [1.29, 1.82) is 0 Å². The molecule has 0 saturated carbocycles. The second-order valence-corrected chi connectivity index (χ2v) is 4.40. The Labute approximate surface area is 118 Å². The minimum absolute atomic E-state index is 0.237. The van der Waals surface area contributed by atoms with Crippen molar-refractivity contribution in [2.45, 2.75) is 6.54 Å². The molecule has 0 aliphatic carbocycles. The summed E-state index contributed by atoms with van der Waals surface area (Å²) in [6.07, 6.45) is 0. The number of hydrogen-bond acceptors (Lipinski definition) is 3. The van der Waals surface area contributed by atoms with Crippen LogP contribution in [0.5, 0.6) is 11.5 Å². The highest BCUT2D eigenvalue weighted by atomic mass is 19.1. The Morgan fingerprint density at radius 2 is 1.75 bits per heavy atom. The first-order chi connectivity index (χ1) is 9.69. The van der Waals surface area contributed by atoms with Crippen molar-refractivity contribution in [3.05, 3.63) is 47.8 Å². The average molecular weight is 275 g/mol. The summed E-state index contributed by atoms with van der Waals surface area (Å²) in [6.45, 7) is 0.599. The second-order valence-electron chi connectivity index (χ2n) is 4.40. The quantitative estimate of drug-likeness (QED) is 0.908. The molecule has 0 fully saturated rings. The molecular formula is C16H18FNO2. The van der Waals surface area contributed by atoms with Crippen LogP contribution in [0.2, 0.25) is 0 Å². The summed E-state index contributed by atoms with van der Waals surface area (Å²) in [4.78, 5) is 0. The Bertz CT molecular complexity index is 599. The third-order valence-electron chi connectivity index (χ3n) is 3.13. The molecule has 0 radical (unpaired) electrons. The lowest BCUT2D eigenvalue weighted by atomic mass is 9.99. The van der Waals surface area contributed by atoms with Gasteiger partial charge in [0.05, 0.1) is 14.2 Å². The third-order valence-corrected chi connectivity index (χ3v) is 3.13. The van der Waals surface area contributed by atoms with Gasteiger partial charge in [-0.3, -0.25) is 0 Å². The van der Waals surface area contributed by atoms with Gasteiger partial charge < -0.3 is 14.8 Å². The molecule has 2 rings (SSSR count). The Morgan fingerprint density at radius 3 is 2.40 bits per heavy atom. The molecule has 20 heavy (non-hydrogen) atoms. The maximum absolute atomic E-state index is 13.4.